The first-order valence-electron chi connectivity index (χ1n) is 16.2. The first kappa shape index (κ1) is 26.9. The number of hydrogen-bond donors (Lipinski definition) is 0. The highest BCUT2D eigenvalue weighted by Gasteiger charge is 2.24. The summed E-state index contributed by atoms with van der Waals surface area (Å²) in [4.78, 5) is 10.5. The summed E-state index contributed by atoms with van der Waals surface area (Å²) in [6.07, 6.45) is 14.2. The zero-order chi connectivity index (χ0) is 30.8. The number of rotatable bonds is 4. The van der Waals surface area contributed by atoms with Crippen molar-refractivity contribution in [2.24, 2.45) is 11.8 Å². The molecule has 4 heteroatoms. The number of fused-ring (bicyclic) bond motifs is 6. The number of hydrogen-bond acceptors (Lipinski definition) is 3. The summed E-state index contributed by atoms with van der Waals surface area (Å²) in [5.74, 6) is 2.76. The van der Waals surface area contributed by atoms with Gasteiger partial charge in [-0.2, -0.15) is 0 Å². The highest BCUT2D eigenvalue weighted by atomic mass is 16.3. The van der Waals surface area contributed by atoms with Crippen LogP contribution in [0.5, 0.6) is 0 Å². The molecule has 9 rings (SSSR count). The SMILES string of the molecule is CC1C=Cc2c(oc3c(-c4ccc5c(c4)c4ccccc4n5-c4nc(-c5ccccc5)cc(C5C=CC=CC5C)n4)cccc23)C1. The maximum atomic E-state index is 6.57. The van der Waals surface area contributed by atoms with Crippen LogP contribution in [0.25, 0.3) is 67.2 Å². The number of benzene rings is 4. The lowest BCUT2D eigenvalue weighted by atomic mass is 9.87. The standard InChI is InChI=1S/C42H33N3O/c1-26-19-21-33-34-17-10-16-31(41(34)46-40(33)23-26)29-20-22-39-35(24-29)32-15-8-9-18-38(32)45(39)42-43-36(28-12-4-3-5-13-28)25-37(44-42)30-14-7-6-11-27(30)2/h3-22,24-27,30H,23H2,1-2H3. The summed E-state index contributed by atoms with van der Waals surface area (Å²) < 4.78 is 8.80. The molecule has 0 N–H and O–H groups in total. The molecule has 4 aromatic carbocycles. The Balaban J connectivity index is 1.26. The Morgan fingerprint density at radius 1 is 0.696 bits per heavy atom. The summed E-state index contributed by atoms with van der Waals surface area (Å²) in [6, 6.07) is 34.4. The van der Waals surface area contributed by atoms with E-state index in [0.29, 0.717) is 17.8 Å². The molecule has 0 radical (unpaired) electrons. The first-order valence-corrected chi connectivity index (χ1v) is 16.2. The van der Waals surface area contributed by atoms with Crippen molar-refractivity contribution in [2.75, 3.05) is 0 Å². The molecule has 0 saturated carbocycles. The van der Waals surface area contributed by atoms with Crippen LogP contribution in [0.4, 0.5) is 0 Å². The summed E-state index contributed by atoms with van der Waals surface area (Å²) in [5.41, 5.74) is 9.63. The van der Waals surface area contributed by atoms with Crippen molar-refractivity contribution in [2.45, 2.75) is 26.2 Å². The molecule has 2 aliphatic rings. The minimum Gasteiger partial charge on any atom is -0.460 e. The quantitative estimate of drug-likeness (QED) is 0.203. The summed E-state index contributed by atoms with van der Waals surface area (Å²) in [6.45, 7) is 4.49. The third-order valence-electron chi connectivity index (χ3n) is 9.67. The molecule has 0 bridgehead atoms. The van der Waals surface area contributed by atoms with Gasteiger partial charge < -0.3 is 4.42 Å². The van der Waals surface area contributed by atoms with E-state index in [1.807, 2.05) is 6.07 Å². The van der Waals surface area contributed by atoms with Gasteiger partial charge in [-0.05, 0) is 41.7 Å². The molecule has 7 aromatic rings. The number of allylic oxidation sites excluding steroid dienone is 5. The summed E-state index contributed by atoms with van der Waals surface area (Å²) >= 11 is 0. The fourth-order valence-corrected chi connectivity index (χ4v) is 7.29. The number of aromatic nitrogens is 3. The number of furan rings is 1. The smallest absolute Gasteiger partial charge is 0.235 e. The van der Waals surface area contributed by atoms with Crippen molar-refractivity contribution in [3.8, 4) is 28.3 Å². The van der Waals surface area contributed by atoms with Crippen LogP contribution in [-0.2, 0) is 6.42 Å². The average molecular weight is 596 g/mol. The van der Waals surface area contributed by atoms with Crippen molar-refractivity contribution >= 4 is 38.9 Å². The van der Waals surface area contributed by atoms with E-state index in [9.17, 15) is 0 Å². The predicted octanol–water partition coefficient (Wildman–Crippen LogP) is 10.7. The van der Waals surface area contributed by atoms with E-state index in [2.05, 4.69) is 146 Å². The zero-order valence-electron chi connectivity index (χ0n) is 25.9. The van der Waals surface area contributed by atoms with E-state index in [-0.39, 0.29) is 5.92 Å². The van der Waals surface area contributed by atoms with Crippen LogP contribution in [0, 0.1) is 11.8 Å². The molecule has 3 heterocycles. The molecule has 3 atom stereocenters. The van der Waals surface area contributed by atoms with Gasteiger partial charge in [0.25, 0.3) is 0 Å². The molecule has 2 aliphatic carbocycles. The lowest BCUT2D eigenvalue weighted by Crippen LogP contribution is -2.12. The highest BCUT2D eigenvalue weighted by molar-refractivity contribution is 6.11. The number of nitrogens with zero attached hydrogens (tertiary/aromatic N) is 3. The van der Waals surface area contributed by atoms with E-state index in [0.717, 1.165) is 56.9 Å². The van der Waals surface area contributed by atoms with Gasteiger partial charge in [0.2, 0.25) is 5.95 Å². The monoisotopic (exact) mass is 595 g/mol. The predicted molar refractivity (Wildman–Crippen MR) is 189 cm³/mol. The van der Waals surface area contributed by atoms with Crippen molar-refractivity contribution in [1.29, 1.82) is 0 Å². The second kappa shape index (κ2) is 10.6. The second-order valence-corrected chi connectivity index (χ2v) is 12.7. The Hall–Kier alpha value is -5.48. The van der Waals surface area contributed by atoms with Gasteiger partial charge in [-0.3, -0.25) is 4.57 Å². The van der Waals surface area contributed by atoms with Gasteiger partial charge in [-0.15, -0.1) is 0 Å². The molecule has 3 aromatic heterocycles. The largest absolute Gasteiger partial charge is 0.460 e. The van der Waals surface area contributed by atoms with Crippen molar-refractivity contribution < 1.29 is 4.42 Å². The molecule has 0 saturated heterocycles. The lowest BCUT2D eigenvalue weighted by Gasteiger charge is -2.21. The first-order chi connectivity index (χ1) is 22.6. The highest BCUT2D eigenvalue weighted by Crippen LogP contribution is 2.41. The summed E-state index contributed by atoms with van der Waals surface area (Å²) in [7, 11) is 0. The molecule has 3 unspecified atom stereocenters. The molecular formula is C42H33N3O. The number of para-hydroxylation sites is 2. The molecule has 46 heavy (non-hydrogen) atoms. The van der Waals surface area contributed by atoms with E-state index >= 15 is 0 Å². The van der Waals surface area contributed by atoms with Gasteiger partial charge in [0.1, 0.15) is 11.3 Å². The topological polar surface area (TPSA) is 43.9 Å². The van der Waals surface area contributed by atoms with Crippen LogP contribution >= 0.6 is 0 Å². The maximum Gasteiger partial charge on any atom is 0.235 e. The molecular weight excluding hydrogens is 562 g/mol. The van der Waals surface area contributed by atoms with Crippen LogP contribution in [-0.4, -0.2) is 14.5 Å². The third-order valence-corrected chi connectivity index (χ3v) is 9.67. The van der Waals surface area contributed by atoms with Crippen LogP contribution in [0.15, 0.2) is 132 Å². The Bertz CT molecular complexity index is 2390. The Labute approximate surface area is 268 Å². The Morgan fingerprint density at radius 3 is 2.39 bits per heavy atom. The van der Waals surface area contributed by atoms with Gasteiger partial charge in [0.05, 0.1) is 22.4 Å². The van der Waals surface area contributed by atoms with Crippen LogP contribution in [0.2, 0.25) is 0 Å². The van der Waals surface area contributed by atoms with E-state index < -0.39 is 0 Å². The van der Waals surface area contributed by atoms with Gasteiger partial charge in [0, 0.05) is 45.2 Å². The normalized spacial score (nSPS) is 19.0. The van der Waals surface area contributed by atoms with E-state index in [1.54, 1.807) is 0 Å². The molecule has 4 nitrogen and oxygen atoms in total. The van der Waals surface area contributed by atoms with Gasteiger partial charge in [-0.1, -0.05) is 123 Å². The van der Waals surface area contributed by atoms with E-state index in [1.165, 1.54) is 21.7 Å². The molecule has 0 spiro atoms. The second-order valence-electron chi connectivity index (χ2n) is 12.7. The Kier molecular flexibility index (Phi) is 6.17. The maximum absolute atomic E-state index is 6.57. The molecule has 0 fully saturated rings. The van der Waals surface area contributed by atoms with Gasteiger partial charge in [-0.25, -0.2) is 9.97 Å². The Morgan fingerprint density at radius 2 is 1.50 bits per heavy atom. The van der Waals surface area contributed by atoms with Crippen molar-refractivity contribution in [3.05, 3.63) is 144 Å². The van der Waals surface area contributed by atoms with Crippen LogP contribution < -0.4 is 0 Å². The minimum atomic E-state index is 0.173. The van der Waals surface area contributed by atoms with Crippen molar-refractivity contribution in [3.63, 3.8) is 0 Å². The van der Waals surface area contributed by atoms with E-state index in [4.69, 9.17) is 14.4 Å². The zero-order valence-corrected chi connectivity index (χ0v) is 25.9. The average Bonchev–Trinajstić information content (AvgIpc) is 3.63. The van der Waals surface area contributed by atoms with Crippen LogP contribution in [0.3, 0.4) is 0 Å². The fourth-order valence-electron chi connectivity index (χ4n) is 7.29. The molecule has 0 aliphatic heterocycles. The lowest BCUT2D eigenvalue weighted by molar-refractivity contribution is 0.514. The van der Waals surface area contributed by atoms with Gasteiger partial charge in [0.15, 0.2) is 0 Å². The van der Waals surface area contributed by atoms with Gasteiger partial charge >= 0.3 is 0 Å². The van der Waals surface area contributed by atoms with Crippen molar-refractivity contribution in [1.82, 2.24) is 14.5 Å². The fraction of sp³-hybridized carbons (Fsp3) is 0.143. The van der Waals surface area contributed by atoms with Crippen LogP contribution in [0.1, 0.15) is 36.8 Å². The summed E-state index contributed by atoms with van der Waals surface area (Å²) in [5, 5.41) is 3.52. The molecule has 0 amide bonds. The third kappa shape index (κ3) is 4.28. The molecule has 222 valence electrons. The minimum absolute atomic E-state index is 0.173.